The molecule has 9 nitrogen and oxygen atoms in total. The molecule has 128 valence electrons. The van der Waals surface area contributed by atoms with Crippen molar-refractivity contribution in [2.45, 2.75) is 13.8 Å². The Morgan fingerprint density at radius 1 is 1.32 bits per heavy atom. The third-order valence-corrected chi connectivity index (χ3v) is 3.40. The number of hydrazone groups is 1. The molecule has 2 N–H and O–H groups in total. The monoisotopic (exact) mass is 340 g/mol. The maximum absolute atomic E-state index is 12.1. The smallest absolute Gasteiger partial charge is 0.311 e. The fourth-order valence-corrected chi connectivity index (χ4v) is 2.25. The van der Waals surface area contributed by atoms with Gasteiger partial charge in [0.1, 0.15) is 0 Å². The van der Waals surface area contributed by atoms with E-state index in [-0.39, 0.29) is 11.6 Å². The van der Waals surface area contributed by atoms with Crippen LogP contribution in [0.25, 0.3) is 5.78 Å². The highest BCUT2D eigenvalue weighted by molar-refractivity contribution is 5.91. The molecule has 1 aromatic carbocycles. The molecule has 3 rings (SSSR count). The molecule has 0 radical (unpaired) electrons. The summed E-state index contributed by atoms with van der Waals surface area (Å²) in [7, 11) is 1.45. The highest BCUT2D eigenvalue weighted by atomic mass is 16.5. The van der Waals surface area contributed by atoms with E-state index in [0.717, 1.165) is 11.4 Å². The molecule has 9 heteroatoms. The summed E-state index contributed by atoms with van der Waals surface area (Å²) in [5.41, 5.74) is 4.62. The molecule has 3 aromatic rings. The molecule has 0 unspecified atom stereocenters. The molecule has 0 saturated heterocycles. The standard InChI is InChI=1S/C16H16N6O3/c1-9-6-10(2)22-16(18-9)19-14(21-22)15(24)20-17-8-11-4-5-12(23)13(7-11)25-3/h4-8,23H,1-3H3,(H,20,24)/b17-8-. The maximum Gasteiger partial charge on any atom is 0.311 e. The quantitative estimate of drug-likeness (QED) is 0.545. The molecular formula is C16H16N6O3. The summed E-state index contributed by atoms with van der Waals surface area (Å²) in [5, 5.41) is 17.5. The van der Waals surface area contributed by atoms with E-state index < -0.39 is 5.91 Å². The van der Waals surface area contributed by atoms with Crippen LogP contribution in [-0.4, -0.2) is 43.9 Å². The van der Waals surface area contributed by atoms with Crippen LogP contribution in [0.4, 0.5) is 0 Å². The Bertz CT molecular complexity index is 979. The average Bonchev–Trinajstić information content (AvgIpc) is 3.00. The molecule has 2 heterocycles. The van der Waals surface area contributed by atoms with Gasteiger partial charge in [0, 0.05) is 11.4 Å². The molecule has 25 heavy (non-hydrogen) atoms. The van der Waals surface area contributed by atoms with Gasteiger partial charge in [-0.15, -0.1) is 5.10 Å². The zero-order chi connectivity index (χ0) is 18.0. The summed E-state index contributed by atoms with van der Waals surface area (Å²) in [6.07, 6.45) is 1.42. The van der Waals surface area contributed by atoms with Crippen LogP contribution >= 0.6 is 0 Å². The van der Waals surface area contributed by atoms with Gasteiger partial charge in [0.25, 0.3) is 5.78 Å². The molecule has 0 saturated carbocycles. The van der Waals surface area contributed by atoms with E-state index >= 15 is 0 Å². The number of carbonyl (C=O) groups excluding carboxylic acids is 1. The van der Waals surface area contributed by atoms with E-state index in [1.807, 2.05) is 19.9 Å². The molecule has 0 atom stereocenters. The topological polar surface area (TPSA) is 114 Å². The van der Waals surface area contributed by atoms with Gasteiger partial charge in [0.15, 0.2) is 11.5 Å². The second-order valence-corrected chi connectivity index (χ2v) is 5.32. The Labute approximate surface area is 143 Å². The Morgan fingerprint density at radius 2 is 2.12 bits per heavy atom. The first kappa shape index (κ1) is 16.4. The van der Waals surface area contributed by atoms with Gasteiger partial charge in [0.05, 0.1) is 13.3 Å². The van der Waals surface area contributed by atoms with Gasteiger partial charge in [-0.3, -0.25) is 4.79 Å². The summed E-state index contributed by atoms with van der Waals surface area (Å²) in [6.45, 7) is 3.70. The largest absolute Gasteiger partial charge is 0.504 e. The number of aromatic nitrogens is 4. The molecule has 2 aromatic heterocycles. The van der Waals surface area contributed by atoms with E-state index in [1.165, 1.54) is 23.9 Å². The van der Waals surface area contributed by atoms with E-state index in [4.69, 9.17) is 4.74 Å². The number of fused-ring (bicyclic) bond motifs is 1. The van der Waals surface area contributed by atoms with Gasteiger partial charge in [-0.1, -0.05) is 0 Å². The second-order valence-electron chi connectivity index (χ2n) is 5.32. The van der Waals surface area contributed by atoms with Crippen LogP contribution < -0.4 is 10.2 Å². The zero-order valence-electron chi connectivity index (χ0n) is 13.9. The normalized spacial score (nSPS) is 11.2. The SMILES string of the molecule is COc1cc(/C=N\NC(=O)c2nc3nc(C)cc(C)n3n2)ccc1O. The number of rotatable bonds is 4. The third kappa shape index (κ3) is 3.39. The summed E-state index contributed by atoms with van der Waals surface area (Å²) < 4.78 is 6.50. The Balaban J connectivity index is 1.75. The van der Waals surface area contributed by atoms with E-state index in [9.17, 15) is 9.90 Å². The zero-order valence-corrected chi connectivity index (χ0v) is 13.9. The predicted molar refractivity (Wildman–Crippen MR) is 90.0 cm³/mol. The van der Waals surface area contributed by atoms with E-state index in [2.05, 4.69) is 25.6 Å². The number of phenolic OH excluding ortho intramolecular Hbond substituents is 1. The number of nitrogens with one attached hydrogen (secondary N) is 1. The fraction of sp³-hybridized carbons (Fsp3) is 0.188. The number of benzene rings is 1. The van der Waals surface area contributed by atoms with Gasteiger partial charge in [-0.25, -0.2) is 14.9 Å². The number of methoxy groups -OCH3 is 1. The van der Waals surface area contributed by atoms with Crippen molar-refractivity contribution < 1.29 is 14.6 Å². The third-order valence-electron chi connectivity index (χ3n) is 3.40. The first-order valence-electron chi connectivity index (χ1n) is 7.39. The minimum atomic E-state index is -0.551. The van der Waals surface area contributed by atoms with Crippen molar-refractivity contribution in [3.63, 3.8) is 0 Å². The summed E-state index contributed by atoms with van der Waals surface area (Å²) in [5.74, 6) is 0.117. The van der Waals surface area contributed by atoms with Crippen molar-refractivity contribution in [2.24, 2.45) is 5.10 Å². The van der Waals surface area contributed by atoms with Crippen LogP contribution in [0, 0.1) is 13.8 Å². The Kier molecular flexibility index (Phi) is 4.29. The molecule has 0 fully saturated rings. The molecule has 0 aliphatic carbocycles. The molecule has 0 spiro atoms. The van der Waals surface area contributed by atoms with Crippen LogP contribution in [-0.2, 0) is 0 Å². The minimum Gasteiger partial charge on any atom is -0.504 e. The van der Waals surface area contributed by atoms with Crippen molar-refractivity contribution in [1.82, 2.24) is 25.0 Å². The number of aryl methyl sites for hydroxylation is 2. The molecule has 0 aliphatic heterocycles. The first-order valence-corrected chi connectivity index (χ1v) is 7.39. The fourth-order valence-electron chi connectivity index (χ4n) is 2.25. The number of ether oxygens (including phenoxy) is 1. The summed E-state index contributed by atoms with van der Waals surface area (Å²) in [4.78, 5) is 20.5. The number of phenols is 1. The minimum absolute atomic E-state index is 0.0238. The first-order chi connectivity index (χ1) is 12.0. The number of hydrogen-bond acceptors (Lipinski definition) is 7. The number of aromatic hydroxyl groups is 1. The lowest BCUT2D eigenvalue weighted by molar-refractivity contribution is 0.0945. The second kappa shape index (κ2) is 6.56. The van der Waals surface area contributed by atoms with Crippen molar-refractivity contribution in [3.8, 4) is 11.5 Å². The van der Waals surface area contributed by atoms with Gasteiger partial charge in [0.2, 0.25) is 5.82 Å². The number of amides is 1. The molecular weight excluding hydrogens is 324 g/mol. The highest BCUT2D eigenvalue weighted by Crippen LogP contribution is 2.25. The van der Waals surface area contributed by atoms with Crippen molar-refractivity contribution >= 4 is 17.9 Å². The lowest BCUT2D eigenvalue weighted by Gasteiger charge is -2.03. The van der Waals surface area contributed by atoms with Gasteiger partial charge >= 0.3 is 5.91 Å². The molecule has 0 aliphatic rings. The van der Waals surface area contributed by atoms with Crippen LogP contribution in [0.1, 0.15) is 27.6 Å². The van der Waals surface area contributed by atoms with Crippen LogP contribution in [0.15, 0.2) is 29.4 Å². The lowest BCUT2D eigenvalue weighted by atomic mass is 10.2. The Hall–Kier alpha value is -3.49. The number of carbonyl (C=O) groups is 1. The summed E-state index contributed by atoms with van der Waals surface area (Å²) >= 11 is 0. The van der Waals surface area contributed by atoms with E-state index in [0.29, 0.717) is 17.1 Å². The average molecular weight is 340 g/mol. The van der Waals surface area contributed by atoms with Crippen molar-refractivity contribution in [2.75, 3.05) is 7.11 Å². The molecule has 1 amide bonds. The van der Waals surface area contributed by atoms with Gasteiger partial charge in [-0.2, -0.15) is 10.1 Å². The number of nitrogens with zero attached hydrogens (tertiary/aromatic N) is 5. The van der Waals surface area contributed by atoms with Gasteiger partial charge < -0.3 is 9.84 Å². The van der Waals surface area contributed by atoms with Crippen LogP contribution in [0.3, 0.4) is 0 Å². The van der Waals surface area contributed by atoms with Crippen molar-refractivity contribution in [1.29, 1.82) is 0 Å². The Morgan fingerprint density at radius 3 is 2.88 bits per heavy atom. The van der Waals surface area contributed by atoms with Crippen molar-refractivity contribution in [3.05, 3.63) is 47.0 Å². The van der Waals surface area contributed by atoms with Crippen LogP contribution in [0.5, 0.6) is 11.5 Å². The predicted octanol–water partition coefficient (Wildman–Crippen LogP) is 1.22. The lowest BCUT2D eigenvalue weighted by Crippen LogP contribution is -2.19. The van der Waals surface area contributed by atoms with Crippen LogP contribution in [0.2, 0.25) is 0 Å². The van der Waals surface area contributed by atoms with Gasteiger partial charge in [-0.05, 0) is 43.7 Å². The molecule has 0 bridgehead atoms. The number of hydrogen-bond donors (Lipinski definition) is 2. The highest BCUT2D eigenvalue weighted by Gasteiger charge is 2.14. The van der Waals surface area contributed by atoms with E-state index in [1.54, 1.807) is 12.1 Å². The summed E-state index contributed by atoms with van der Waals surface area (Å²) in [6, 6.07) is 6.54. The maximum atomic E-state index is 12.1.